The van der Waals surface area contributed by atoms with E-state index in [0.29, 0.717) is 12.5 Å². The number of esters is 1. The maximum Gasteiger partial charge on any atom is 0.312 e. The van der Waals surface area contributed by atoms with Crippen LogP contribution in [0.1, 0.15) is 26.2 Å². The fraction of sp³-hybridized carbons (Fsp3) is 0.900. The van der Waals surface area contributed by atoms with E-state index in [1.54, 1.807) is 0 Å². The van der Waals surface area contributed by atoms with Crippen molar-refractivity contribution in [2.45, 2.75) is 26.2 Å². The summed E-state index contributed by atoms with van der Waals surface area (Å²) < 4.78 is 5.11. The molecule has 2 rings (SSSR count). The summed E-state index contributed by atoms with van der Waals surface area (Å²) >= 11 is 0. The topological polar surface area (TPSA) is 38.3 Å². The van der Waals surface area contributed by atoms with Gasteiger partial charge in [-0.1, -0.05) is 0 Å². The van der Waals surface area contributed by atoms with Gasteiger partial charge >= 0.3 is 5.97 Å². The molecule has 0 aromatic rings. The normalized spacial score (nSPS) is 37.5. The maximum atomic E-state index is 11.7. The molecule has 2 fully saturated rings. The first kappa shape index (κ1) is 9.00. The van der Waals surface area contributed by atoms with Crippen LogP contribution >= 0.6 is 0 Å². The molecule has 0 aromatic carbocycles. The van der Waals surface area contributed by atoms with Gasteiger partial charge in [0.2, 0.25) is 0 Å². The molecule has 2 atom stereocenters. The molecule has 0 spiro atoms. The molecule has 1 aliphatic heterocycles. The van der Waals surface area contributed by atoms with Gasteiger partial charge in [0.1, 0.15) is 0 Å². The third kappa shape index (κ3) is 1.46. The Balaban J connectivity index is 2.00. The number of ether oxygens (including phenoxy) is 1. The van der Waals surface area contributed by atoms with Gasteiger partial charge < -0.3 is 10.1 Å². The number of hydrogen-bond acceptors (Lipinski definition) is 3. The monoisotopic (exact) mass is 183 g/mol. The average Bonchev–Trinajstić information content (AvgIpc) is 2.77. The van der Waals surface area contributed by atoms with E-state index in [1.807, 2.05) is 6.92 Å². The molecule has 1 heterocycles. The molecule has 0 bridgehead atoms. The van der Waals surface area contributed by atoms with Crippen molar-refractivity contribution in [3.05, 3.63) is 0 Å². The molecule has 3 nitrogen and oxygen atoms in total. The summed E-state index contributed by atoms with van der Waals surface area (Å²) in [6.45, 7) is 4.44. The lowest BCUT2D eigenvalue weighted by atomic mass is 9.98. The van der Waals surface area contributed by atoms with Gasteiger partial charge in [-0.2, -0.15) is 0 Å². The molecule has 2 aliphatic rings. The zero-order chi connectivity index (χ0) is 9.31. The van der Waals surface area contributed by atoms with E-state index >= 15 is 0 Å². The highest BCUT2D eigenvalue weighted by Gasteiger charge is 2.60. The first-order chi connectivity index (χ1) is 6.29. The van der Waals surface area contributed by atoms with Crippen LogP contribution in [0.2, 0.25) is 0 Å². The van der Waals surface area contributed by atoms with Gasteiger partial charge in [-0.15, -0.1) is 0 Å². The number of hydrogen-bond donors (Lipinski definition) is 1. The SMILES string of the molecule is CCOC(=O)C12CCCNCC1C2. The van der Waals surface area contributed by atoms with E-state index in [0.717, 1.165) is 32.4 Å². The van der Waals surface area contributed by atoms with Crippen LogP contribution in [0, 0.1) is 11.3 Å². The van der Waals surface area contributed by atoms with Crippen LogP contribution in [-0.4, -0.2) is 25.7 Å². The zero-order valence-electron chi connectivity index (χ0n) is 8.14. The van der Waals surface area contributed by atoms with Gasteiger partial charge in [0, 0.05) is 0 Å². The Morgan fingerprint density at radius 2 is 2.54 bits per heavy atom. The number of carbonyl (C=O) groups is 1. The summed E-state index contributed by atoms with van der Waals surface area (Å²) in [5, 5.41) is 3.35. The van der Waals surface area contributed by atoms with E-state index in [1.165, 1.54) is 0 Å². The quantitative estimate of drug-likeness (QED) is 0.647. The average molecular weight is 183 g/mol. The van der Waals surface area contributed by atoms with Gasteiger partial charge in [0.15, 0.2) is 0 Å². The lowest BCUT2D eigenvalue weighted by molar-refractivity contribution is -0.150. The van der Waals surface area contributed by atoms with Crippen molar-refractivity contribution in [2.75, 3.05) is 19.7 Å². The van der Waals surface area contributed by atoms with Gasteiger partial charge in [-0.25, -0.2) is 0 Å². The maximum absolute atomic E-state index is 11.7. The number of nitrogens with one attached hydrogen (secondary N) is 1. The first-order valence-corrected chi connectivity index (χ1v) is 5.17. The first-order valence-electron chi connectivity index (χ1n) is 5.17. The van der Waals surface area contributed by atoms with Crippen molar-refractivity contribution < 1.29 is 9.53 Å². The smallest absolute Gasteiger partial charge is 0.312 e. The second-order valence-electron chi connectivity index (χ2n) is 4.09. The fourth-order valence-corrected chi connectivity index (χ4v) is 2.39. The van der Waals surface area contributed by atoms with Crippen molar-refractivity contribution in [3.8, 4) is 0 Å². The third-order valence-corrected chi connectivity index (χ3v) is 3.28. The van der Waals surface area contributed by atoms with E-state index in [-0.39, 0.29) is 11.4 Å². The summed E-state index contributed by atoms with van der Waals surface area (Å²) in [7, 11) is 0. The molecular formula is C10H17NO2. The second-order valence-corrected chi connectivity index (χ2v) is 4.09. The molecule has 74 valence electrons. The van der Waals surface area contributed by atoms with Crippen LogP contribution < -0.4 is 5.32 Å². The standard InChI is InChI=1S/C10H17NO2/c1-2-13-9(12)10-4-3-5-11-7-8(10)6-10/h8,11H,2-7H2,1H3. The van der Waals surface area contributed by atoms with E-state index in [2.05, 4.69) is 5.32 Å². The van der Waals surface area contributed by atoms with Crippen molar-refractivity contribution in [1.29, 1.82) is 0 Å². The minimum Gasteiger partial charge on any atom is -0.466 e. The van der Waals surface area contributed by atoms with Gasteiger partial charge in [-0.05, 0) is 45.2 Å². The molecule has 0 amide bonds. The van der Waals surface area contributed by atoms with Crippen LogP contribution in [0.4, 0.5) is 0 Å². The van der Waals surface area contributed by atoms with Crippen molar-refractivity contribution >= 4 is 5.97 Å². The van der Waals surface area contributed by atoms with Crippen LogP contribution in [0.15, 0.2) is 0 Å². The summed E-state index contributed by atoms with van der Waals surface area (Å²) in [5.41, 5.74) is -0.0838. The van der Waals surface area contributed by atoms with Gasteiger partial charge in [-0.3, -0.25) is 4.79 Å². The molecule has 1 saturated carbocycles. The summed E-state index contributed by atoms with van der Waals surface area (Å²) in [6, 6.07) is 0. The Morgan fingerprint density at radius 3 is 3.31 bits per heavy atom. The fourth-order valence-electron chi connectivity index (χ4n) is 2.39. The molecular weight excluding hydrogens is 166 g/mol. The van der Waals surface area contributed by atoms with Crippen LogP contribution in [0.3, 0.4) is 0 Å². The Bertz CT molecular complexity index is 217. The molecule has 1 aliphatic carbocycles. The van der Waals surface area contributed by atoms with E-state index < -0.39 is 0 Å². The molecule has 2 unspecified atom stereocenters. The predicted octanol–water partition coefficient (Wildman–Crippen LogP) is 0.939. The van der Waals surface area contributed by atoms with Gasteiger partial charge in [0.05, 0.1) is 12.0 Å². The number of fused-ring (bicyclic) bond motifs is 1. The minimum absolute atomic E-state index is 0.0451. The van der Waals surface area contributed by atoms with E-state index in [4.69, 9.17) is 4.74 Å². The molecule has 13 heavy (non-hydrogen) atoms. The van der Waals surface area contributed by atoms with Gasteiger partial charge in [0.25, 0.3) is 0 Å². The highest BCUT2D eigenvalue weighted by Crippen LogP contribution is 2.57. The Kier molecular flexibility index (Phi) is 2.28. The molecule has 1 N–H and O–H groups in total. The van der Waals surface area contributed by atoms with Crippen molar-refractivity contribution in [3.63, 3.8) is 0 Å². The van der Waals surface area contributed by atoms with Crippen molar-refractivity contribution in [2.24, 2.45) is 11.3 Å². The second kappa shape index (κ2) is 3.29. The third-order valence-electron chi connectivity index (χ3n) is 3.28. The summed E-state index contributed by atoms with van der Waals surface area (Å²) in [5.74, 6) is 0.595. The number of rotatable bonds is 2. The largest absolute Gasteiger partial charge is 0.466 e. The highest BCUT2D eigenvalue weighted by atomic mass is 16.5. The van der Waals surface area contributed by atoms with Crippen LogP contribution in [0.25, 0.3) is 0 Å². The molecule has 0 radical (unpaired) electrons. The predicted molar refractivity (Wildman–Crippen MR) is 49.3 cm³/mol. The Hall–Kier alpha value is -0.570. The highest BCUT2D eigenvalue weighted by molar-refractivity contribution is 5.80. The lowest BCUT2D eigenvalue weighted by Gasteiger charge is -2.12. The zero-order valence-corrected chi connectivity index (χ0v) is 8.14. The number of carbonyl (C=O) groups excluding carboxylic acids is 1. The molecule has 0 aromatic heterocycles. The minimum atomic E-state index is -0.0838. The summed E-state index contributed by atoms with van der Waals surface area (Å²) in [6.07, 6.45) is 3.16. The Labute approximate surface area is 78.8 Å². The molecule has 1 saturated heterocycles. The van der Waals surface area contributed by atoms with Crippen LogP contribution in [0.5, 0.6) is 0 Å². The summed E-state index contributed by atoms with van der Waals surface area (Å²) in [4.78, 5) is 11.7. The van der Waals surface area contributed by atoms with Crippen LogP contribution in [-0.2, 0) is 9.53 Å². The van der Waals surface area contributed by atoms with E-state index in [9.17, 15) is 4.79 Å². The van der Waals surface area contributed by atoms with Crippen molar-refractivity contribution in [1.82, 2.24) is 5.32 Å². The Morgan fingerprint density at radius 1 is 1.69 bits per heavy atom. The lowest BCUT2D eigenvalue weighted by Crippen LogP contribution is -2.22. The molecule has 3 heteroatoms.